The molecule has 0 spiro atoms. The van der Waals surface area contributed by atoms with Crippen LogP contribution in [0, 0.1) is 0 Å². The minimum atomic E-state index is -0.155. The van der Waals surface area contributed by atoms with Crippen LogP contribution in [0.5, 0.6) is 0 Å². The maximum Gasteiger partial charge on any atom is 0.287 e. The molecule has 2 amide bonds. The molecule has 0 atom stereocenters. The van der Waals surface area contributed by atoms with Crippen molar-refractivity contribution in [1.29, 1.82) is 0 Å². The maximum atomic E-state index is 12.4. The van der Waals surface area contributed by atoms with E-state index in [1.165, 1.54) is 32.4 Å². The molecule has 7 nitrogen and oxygen atoms in total. The van der Waals surface area contributed by atoms with Crippen molar-refractivity contribution in [2.24, 2.45) is 0 Å². The molecule has 0 aliphatic carbocycles. The van der Waals surface area contributed by atoms with Gasteiger partial charge in [0.2, 0.25) is 5.91 Å². The van der Waals surface area contributed by atoms with Gasteiger partial charge in [0.25, 0.3) is 5.91 Å². The highest BCUT2D eigenvalue weighted by molar-refractivity contribution is 5.91. The van der Waals surface area contributed by atoms with Gasteiger partial charge in [0.05, 0.1) is 39.3 Å². The number of aromatic nitrogens is 1. The molecule has 1 aliphatic heterocycles. The van der Waals surface area contributed by atoms with Crippen LogP contribution in [-0.2, 0) is 17.9 Å². The van der Waals surface area contributed by atoms with Crippen molar-refractivity contribution < 1.29 is 18.9 Å². The minimum absolute atomic E-state index is 0.155. The Morgan fingerprint density at radius 2 is 1.97 bits per heavy atom. The van der Waals surface area contributed by atoms with Crippen molar-refractivity contribution in [2.75, 3.05) is 32.7 Å². The van der Waals surface area contributed by atoms with E-state index in [9.17, 15) is 9.59 Å². The lowest BCUT2D eigenvalue weighted by Crippen LogP contribution is -3.13. The Bertz CT molecular complexity index is 836. The predicted octanol–water partition coefficient (Wildman–Crippen LogP) is 2.08. The average molecular weight is 430 g/mol. The predicted molar refractivity (Wildman–Crippen MR) is 120 cm³/mol. The summed E-state index contributed by atoms with van der Waals surface area (Å²) in [5, 5.41) is 2.98. The second-order valence-corrected chi connectivity index (χ2v) is 8.38. The summed E-state index contributed by atoms with van der Waals surface area (Å²) in [6, 6.07) is 7.61. The number of likely N-dealkylation sites (tertiary alicyclic amines) is 1. The van der Waals surface area contributed by atoms with Gasteiger partial charge < -0.3 is 24.1 Å². The second kappa shape index (κ2) is 11.7. The van der Waals surface area contributed by atoms with Crippen LogP contribution < -0.4 is 10.2 Å². The molecule has 2 aromatic heterocycles. The lowest BCUT2D eigenvalue weighted by molar-refractivity contribution is -0.903. The number of carbonyl (C=O) groups is 2. The Hall–Kier alpha value is -2.54. The van der Waals surface area contributed by atoms with E-state index in [-0.39, 0.29) is 11.8 Å². The lowest BCUT2D eigenvalue weighted by atomic mass is 10.1. The van der Waals surface area contributed by atoms with Gasteiger partial charge >= 0.3 is 0 Å². The quantitative estimate of drug-likeness (QED) is 0.575. The zero-order valence-corrected chi connectivity index (χ0v) is 19.0. The molecule has 31 heavy (non-hydrogen) atoms. The zero-order valence-electron chi connectivity index (χ0n) is 19.0. The van der Waals surface area contributed by atoms with E-state index < -0.39 is 0 Å². The number of piperidine rings is 1. The number of hydrogen-bond donors (Lipinski definition) is 2. The number of hydrogen-bond acceptors (Lipinski definition) is 3. The van der Waals surface area contributed by atoms with Gasteiger partial charge in [0.1, 0.15) is 5.76 Å². The van der Waals surface area contributed by atoms with Gasteiger partial charge in [-0.15, -0.1) is 0 Å². The number of amides is 2. The fraction of sp³-hybridized carbons (Fsp3) is 0.583. The molecule has 0 unspecified atom stereocenters. The van der Waals surface area contributed by atoms with Gasteiger partial charge in [0, 0.05) is 24.9 Å². The molecule has 7 heteroatoms. The molecular formula is C24H37N4O3+. The van der Waals surface area contributed by atoms with Gasteiger partial charge in [-0.25, -0.2) is 0 Å². The molecule has 0 saturated carbocycles. The Morgan fingerprint density at radius 1 is 1.16 bits per heavy atom. The van der Waals surface area contributed by atoms with Crippen molar-refractivity contribution in [2.45, 2.75) is 59.0 Å². The SMILES string of the molecule is CCCN(Cc1cccn1Cc1ccc(C(=O)NCC[NH+]2CCCCC2)o1)C(=O)CC. The van der Waals surface area contributed by atoms with Crippen molar-refractivity contribution in [3.8, 4) is 0 Å². The van der Waals surface area contributed by atoms with Crippen LogP contribution in [0.4, 0.5) is 0 Å². The highest BCUT2D eigenvalue weighted by Gasteiger charge is 2.17. The largest absolute Gasteiger partial charge is 0.454 e. The van der Waals surface area contributed by atoms with Gasteiger partial charge in [-0.1, -0.05) is 13.8 Å². The third kappa shape index (κ3) is 6.72. The van der Waals surface area contributed by atoms with Gasteiger partial charge in [-0.05, 0) is 49.9 Å². The summed E-state index contributed by atoms with van der Waals surface area (Å²) in [6.07, 6.45) is 7.34. The Balaban J connectivity index is 1.53. The Labute approximate surface area is 185 Å². The molecule has 1 fully saturated rings. The number of rotatable bonds is 11. The molecular weight excluding hydrogens is 392 g/mol. The van der Waals surface area contributed by atoms with Crippen LogP contribution in [-0.4, -0.2) is 54.0 Å². The third-order valence-electron chi connectivity index (χ3n) is 5.96. The maximum absolute atomic E-state index is 12.4. The van der Waals surface area contributed by atoms with Gasteiger partial charge in [-0.3, -0.25) is 9.59 Å². The normalized spacial score (nSPS) is 14.5. The van der Waals surface area contributed by atoms with Crippen LogP contribution in [0.1, 0.15) is 68.0 Å². The smallest absolute Gasteiger partial charge is 0.287 e. The zero-order chi connectivity index (χ0) is 22.1. The molecule has 0 aromatic carbocycles. The lowest BCUT2D eigenvalue weighted by Gasteiger charge is -2.23. The molecule has 2 N–H and O–H groups in total. The highest BCUT2D eigenvalue weighted by Crippen LogP contribution is 2.14. The first-order chi connectivity index (χ1) is 15.1. The summed E-state index contributed by atoms with van der Waals surface area (Å²) >= 11 is 0. The van der Waals surface area contributed by atoms with Crippen LogP contribution in [0.25, 0.3) is 0 Å². The third-order valence-corrected chi connectivity index (χ3v) is 5.96. The molecule has 1 aliphatic rings. The first-order valence-corrected chi connectivity index (χ1v) is 11.7. The fourth-order valence-electron chi connectivity index (χ4n) is 4.22. The van der Waals surface area contributed by atoms with Crippen LogP contribution >= 0.6 is 0 Å². The van der Waals surface area contributed by atoms with E-state index in [2.05, 4.69) is 16.8 Å². The van der Waals surface area contributed by atoms with E-state index >= 15 is 0 Å². The van der Waals surface area contributed by atoms with Crippen molar-refractivity contribution in [3.63, 3.8) is 0 Å². The highest BCUT2D eigenvalue weighted by atomic mass is 16.4. The number of nitrogens with one attached hydrogen (secondary N) is 2. The summed E-state index contributed by atoms with van der Waals surface area (Å²) in [7, 11) is 0. The Kier molecular flexibility index (Phi) is 8.76. The summed E-state index contributed by atoms with van der Waals surface area (Å²) in [4.78, 5) is 28.1. The van der Waals surface area contributed by atoms with Crippen LogP contribution in [0.2, 0.25) is 0 Å². The molecule has 1 saturated heterocycles. The standard InChI is InChI=1S/C24H36N4O3/c1-3-13-28(23(29)4-2)18-20-9-8-16-27(20)19-21-10-11-22(31-21)24(30)25-12-17-26-14-6-5-7-15-26/h8-11,16H,3-7,12-15,17-19H2,1-2H3,(H,25,30)/p+1. The number of furan rings is 1. The summed E-state index contributed by atoms with van der Waals surface area (Å²) in [5.74, 6) is 1.09. The second-order valence-electron chi connectivity index (χ2n) is 8.38. The van der Waals surface area contributed by atoms with Crippen molar-refractivity contribution in [1.82, 2.24) is 14.8 Å². The number of nitrogens with zero attached hydrogens (tertiary/aromatic N) is 2. The molecule has 170 valence electrons. The average Bonchev–Trinajstić information content (AvgIpc) is 3.43. The minimum Gasteiger partial charge on any atom is -0.454 e. The van der Waals surface area contributed by atoms with Crippen LogP contribution in [0.3, 0.4) is 0 Å². The summed E-state index contributed by atoms with van der Waals surface area (Å²) in [5.41, 5.74) is 1.06. The monoisotopic (exact) mass is 429 g/mol. The number of carbonyl (C=O) groups excluding carboxylic acids is 2. The van der Waals surface area contributed by atoms with E-state index in [0.717, 1.165) is 31.0 Å². The number of quaternary nitrogens is 1. The van der Waals surface area contributed by atoms with Gasteiger partial charge in [0.15, 0.2) is 5.76 Å². The Morgan fingerprint density at radius 3 is 2.71 bits per heavy atom. The molecule has 0 bridgehead atoms. The molecule has 0 radical (unpaired) electrons. The fourth-order valence-corrected chi connectivity index (χ4v) is 4.22. The summed E-state index contributed by atoms with van der Waals surface area (Å²) in [6.45, 7) is 9.91. The van der Waals surface area contributed by atoms with E-state index in [4.69, 9.17) is 4.42 Å². The van der Waals surface area contributed by atoms with Crippen molar-refractivity contribution >= 4 is 11.8 Å². The first-order valence-electron chi connectivity index (χ1n) is 11.7. The molecule has 3 heterocycles. The van der Waals surface area contributed by atoms with Gasteiger partial charge in [-0.2, -0.15) is 0 Å². The topological polar surface area (TPSA) is 71.9 Å². The van der Waals surface area contributed by atoms with Crippen molar-refractivity contribution in [3.05, 3.63) is 47.7 Å². The molecule has 2 aromatic rings. The van der Waals surface area contributed by atoms with Crippen LogP contribution in [0.15, 0.2) is 34.9 Å². The summed E-state index contributed by atoms with van der Waals surface area (Å²) < 4.78 is 7.89. The van der Waals surface area contributed by atoms with E-state index in [1.54, 1.807) is 11.0 Å². The van der Waals surface area contributed by atoms with E-state index in [1.807, 2.05) is 36.2 Å². The first kappa shape index (κ1) is 23.1. The van der Waals surface area contributed by atoms with E-state index in [0.29, 0.717) is 31.8 Å². The molecule has 3 rings (SSSR count).